The van der Waals surface area contributed by atoms with E-state index in [9.17, 15) is 4.79 Å². The lowest BCUT2D eigenvalue weighted by Crippen LogP contribution is -2.49. The van der Waals surface area contributed by atoms with Gasteiger partial charge >= 0.3 is 6.09 Å². The average Bonchev–Trinajstić information content (AvgIpc) is 2.23. The summed E-state index contributed by atoms with van der Waals surface area (Å²) < 4.78 is 5.26. The second kappa shape index (κ2) is 6.12. The van der Waals surface area contributed by atoms with E-state index in [-0.39, 0.29) is 11.6 Å². The molecule has 1 saturated heterocycles. The van der Waals surface area contributed by atoms with Crippen LogP contribution in [0.15, 0.2) is 0 Å². The molecule has 1 aliphatic rings. The number of carbonyl (C=O) groups excluding carboxylic acids is 1. The Bertz CT molecular complexity index is 302. The summed E-state index contributed by atoms with van der Waals surface area (Å²) in [5.74, 6) is 0.528. The van der Waals surface area contributed by atoms with Gasteiger partial charge in [0.2, 0.25) is 0 Å². The largest absolute Gasteiger partial charge is 0.444 e. The second-order valence-electron chi connectivity index (χ2n) is 7.51. The lowest BCUT2D eigenvalue weighted by atomic mass is 9.93. The second-order valence-corrected chi connectivity index (χ2v) is 7.51. The predicted molar refractivity (Wildman–Crippen MR) is 78.3 cm³/mol. The van der Waals surface area contributed by atoms with Gasteiger partial charge in [0.05, 0.1) is 0 Å². The summed E-state index contributed by atoms with van der Waals surface area (Å²) in [6.45, 7) is 15.3. The molecule has 0 bridgehead atoms. The topological polar surface area (TPSA) is 41.6 Å². The maximum absolute atomic E-state index is 11.6. The maximum atomic E-state index is 11.6. The maximum Gasteiger partial charge on any atom is 0.407 e. The van der Waals surface area contributed by atoms with E-state index in [0.29, 0.717) is 12.5 Å². The summed E-state index contributed by atoms with van der Waals surface area (Å²) in [6.07, 6.45) is 2.08. The van der Waals surface area contributed by atoms with Crippen LogP contribution in [0.1, 0.15) is 54.4 Å². The summed E-state index contributed by atoms with van der Waals surface area (Å²) in [5.41, 5.74) is -0.210. The van der Waals surface area contributed by atoms with Crippen molar-refractivity contribution in [3.63, 3.8) is 0 Å². The fourth-order valence-electron chi connectivity index (χ4n) is 2.38. The SMILES string of the molecule is CC(C)(C)OC(=O)NC[C@H]1CCCN(C(C)(C)C)C1. The van der Waals surface area contributed by atoms with Gasteiger partial charge in [-0.25, -0.2) is 4.79 Å². The van der Waals surface area contributed by atoms with E-state index in [1.807, 2.05) is 20.8 Å². The van der Waals surface area contributed by atoms with Crippen LogP contribution in [0, 0.1) is 5.92 Å². The molecule has 0 radical (unpaired) electrons. The standard InChI is InChI=1S/C15H30N2O2/c1-14(2,3)17-9-7-8-12(11-17)10-16-13(18)19-15(4,5)6/h12H,7-11H2,1-6H3,(H,16,18)/t12-/m1/s1. The van der Waals surface area contributed by atoms with E-state index >= 15 is 0 Å². The number of amides is 1. The van der Waals surface area contributed by atoms with Crippen LogP contribution in [0.4, 0.5) is 4.79 Å². The molecule has 4 nitrogen and oxygen atoms in total. The molecule has 19 heavy (non-hydrogen) atoms. The molecule has 1 amide bonds. The Balaban J connectivity index is 2.35. The Morgan fingerprint density at radius 1 is 1.26 bits per heavy atom. The molecule has 1 atom stereocenters. The normalized spacial score (nSPS) is 22.1. The van der Waals surface area contributed by atoms with Crippen LogP contribution in [-0.2, 0) is 4.74 Å². The third-order valence-electron chi connectivity index (χ3n) is 3.40. The van der Waals surface area contributed by atoms with E-state index in [2.05, 4.69) is 31.0 Å². The lowest BCUT2D eigenvalue weighted by Gasteiger charge is -2.41. The van der Waals surface area contributed by atoms with E-state index in [1.165, 1.54) is 12.8 Å². The third kappa shape index (κ3) is 6.28. The smallest absolute Gasteiger partial charge is 0.407 e. The van der Waals surface area contributed by atoms with Gasteiger partial charge in [-0.05, 0) is 66.8 Å². The van der Waals surface area contributed by atoms with Crippen molar-refractivity contribution in [3.05, 3.63) is 0 Å². The minimum atomic E-state index is -0.423. The summed E-state index contributed by atoms with van der Waals surface area (Å²) in [6, 6.07) is 0. The first-order chi connectivity index (χ1) is 8.58. The number of nitrogens with one attached hydrogen (secondary N) is 1. The van der Waals surface area contributed by atoms with Gasteiger partial charge in [-0.2, -0.15) is 0 Å². The van der Waals surface area contributed by atoms with Gasteiger partial charge in [-0.1, -0.05) is 0 Å². The van der Waals surface area contributed by atoms with Crippen molar-refractivity contribution in [2.45, 2.75) is 65.5 Å². The van der Waals surface area contributed by atoms with E-state index in [4.69, 9.17) is 4.74 Å². The van der Waals surface area contributed by atoms with Crippen molar-refractivity contribution < 1.29 is 9.53 Å². The number of piperidine rings is 1. The molecular weight excluding hydrogens is 240 g/mol. The Kier molecular flexibility index (Phi) is 5.25. The van der Waals surface area contributed by atoms with Crippen LogP contribution in [0.25, 0.3) is 0 Å². The van der Waals surface area contributed by atoms with Crippen LogP contribution >= 0.6 is 0 Å². The van der Waals surface area contributed by atoms with Crippen LogP contribution in [0.2, 0.25) is 0 Å². The molecule has 0 aromatic rings. The number of carbonyl (C=O) groups is 1. The van der Waals surface area contributed by atoms with Crippen molar-refractivity contribution in [2.24, 2.45) is 5.92 Å². The van der Waals surface area contributed by atoms with Crippen LogP contribution in [0.3, 0.4) is 0 Å². The molecule has 0 unspecified atom stereocenters. The number of hydrogen-bond acceptors (Lipinski definition) is 3. The quantitative estimate of drug-likeness (QED) is 0.838. The van der Waals surface area contributed by atoms with Crippen molar-refractivity contribution >= 4 is 6.09 Å². The van der Waals surface area contributed by atoms with Crippen LogP contribution < -0.4 is 5.32 Å². The fourth-order valence-corrected chi connectivity index (χ4v) is 2.38. The summed E-state index contributed by atoms with van der Waals surface area (Å²) >= 11 is 0. The van der Waals surface area contributed by atoms with Gasteiger partial charge in [-0.15, -0.1) is 0 Å². The summed E-state index contributed by atoms with van der Waals surface area (Å²) in [7, 11) is 0. The minimum Gasteiger partial charge on any atom is -0.444 e. The number of nitrogens with zero attached hydrogens (tertiary/aromatic N) is 1. The van der Waals surface area contributed by atoms with Crippen molar-refractivity contribution in [2.75, 3.05) is 19.6 Å². The molecule has 1 rings (SSSR count). The highest BCUT2D eigenvalue weighted by Gasteiger charge is 2.28. The number of hydrogen-bond donors (Lipinski definition) is 1. The molecule has 0 aromatic carbocycles. The Hall–Kier alpha value is -0.770. The van der Waals surface area contributed by atoms with Gasteiger partial charge in [0.1, 0.15) is 5.60 Å². The third-order valence-corrected chi connectivity index (χ3v) is 3.40. The predicted octanol–water partition coefficient (Wildman–Crippen LogP) is 3.02. The van der Waals surface area contributed by atoms with Crippen LogP contribution in [0.5, 0.6) is 0 Å². The van der Waals surface area contributed by atoms with Crippen molar-refractivity contribution in [3.8, 4) is 0 Å². The molecule has 1 heterocycles. The Morgan fingerprint density at radius 3 is 2.42 bits per heavy atom. The van der Waals surface area contributed by atoms with Crippen LogP contribution in [-0.4, -0.2) is 41.8 Å². The monoisotopic (exact) mass is 270 g/mol. The summed E-state index contributed by atoms with van der Waals surface area (Å²) in [5, 5.41) is 2.89. The van der Waals surface area contributed by atoms with Gasteiger partial charge < -0.3 is 10.1 Å². The first kappa shape index (κ1) is 16.3. The molecule has 4 heteroatoms. The molecule has 112 valence electrons. The fraction of sp³-hybridized carbons (Fsp3) is 0.933. The molecule has 0 spiro atoms. The number of rotatable bonds is 2. The van der Waals surface area contributed by atoms with Crippen molar-refractivity contribution in [1.82, 2.24) is 10.2 Å². The Morgan fingerprint density at radius 2 is 1.89 bits per heavy atom. The highest BCUT2D eigenvalue weighted by molar-refractivity contribution is 5.67. The molecule has 0 aromatic heterocycles. The highest BCUT2D eigenvalue weighted by Crippen LogP contribution is 2.23. The zero-order valence-corrected chi connectivity index (χ0v) is 13.4. The molecule has 0 saturated carbocycles. The van der Waals surface area contributed by atoms with E-state index < -0.39 is 5.60 Å². The molecule has 0 aliphatic carbocycles. The minimum absolute atomic E-state index is 0.213. The Labute approximate surface area is 117 Å². The zero-order chi connectivity index (χ0) is 14.7. The molecule has 1 aliphatic heterocycles. The molecular formula is C15H30N2O2. The lowest BCUT2D eigenvalue weighted by molar-refractivity contribution is 0.0477. The van der Waals surface area contributed by atoms with Crippen molar-refractivity contribution in [1.29, 1.82) is 0 Å². The molecule has 1 fully saturated rings. The van der Waals surface area contributed by atoms with Gasteiger partial charge in [0, 0.05) is 18.6 Å². The van der Waals surface area contributed by atoms with Gasteiger partial charge in [0.15, 0.2) is 0 Å². The first-order valence-electron chi connectivity index (χ1n) is 7.30. The van der Waals surface area contributed by atoms with Gasteiger partial charge in [-0.3, -0.25) is 4.90 Å². The average molecular weight is 270 g/mol. The number of likely N-dealkylation sites (tertiary alicyclic amines) is 1. The first-order valence-corrected chi connectivity index (χ1v) is 7.30. The number of alkyl carbamates (subject to hydrolysis) is 1. The van der Waals surface area contributed by atoms with Gasteiger partial charge in [0.25, 0.3) is 0 Å². The summed E-state index contributed by atoms with van der Waals surface area (Å²) in [4.78, 5) is 14.1. The number of ether oxygens (including phenoxy) is 1. The zero-order valence-electron chi connectivity index (χ0n) is 13.4. The van der Waals surface area contributed by atoms with E-state index in [0.717, 1.165) is 13.1 Å². The molecule has 1 N–H and O–H groups in total. The highest BCUT2D eigenvalue weighted by atomic mass is 16.6. The van der Waals surface area contributed by atoms with E-state index in [1.54, 1.807) is 0 Å².